The van der Waals surface area contributed by atoms with Crippen molar-refractivity contribution in [1.29, 1.82) is 0 Å². The molecule has 0 bridgehead atoms. The number of rotatable bonds is 4. The molecule has 0 aliphatic rings. The number of ketones is 1. The van der Waals surface area contributed by atoms with Crippen LogP contribution in [0.3, 0.4) is 0 Å². The minimum absolute atomic E-state index is 0.0159. The van der Waals surface area contributed by atoms with E-state index in [0.29, 0.717) is 16.6 Å². The molecule has 2 aromatic heterocycles. The lowest BCUT2D eigenvalue weighted by Gasteiger charge is -2.21. The van der Waals surface area contributed by atoms with Crippen LogP contribution >= 0.6 is 0 Å². The molecule has 33 heavy (non-hydrogen) atoms. The van der Waals surface area contributed by atoms with Crippen molar-refractivity contribution in [2.24, 2.45) is 0 Å². The molecule has 0 unspecified atom stereocenters. The summed E-state index contributed by atoms with van der Waals surface area (Å²) in [7, 11) is 0. The lowest BCUT2D eigenvalue weighted by Crippen LogP contribution is -2.42. The Hall–Kier alpha value is -4.06. The van der Waals surface area contributed by atoms with Gasteiger partial charge < -0.3 is 9.88 Å². The summed E-state index contributed by atoms with van der Waals surface area (Å²) < 4.78 is 1.77. The first-order valence-corrected chi connectivity index (χ1v) is 10.7. The first kappa shape index (κ1) is 22.1. The summed E-state index contributed by atoms with van der Waals surface area (Å²) in [5.41, 5.74) is 2.99. The molecule has 0 fully saturated rings. The van der Waals surface area contributed by atoms with E-state index in [1.807, 2.05) is 57.2 Å². The summed E-state index contributed by atoms with van der Waals surface area (Å²) in [6.07, 6.45) is 3.17. The fourth-order valence-electron chi connectivity index (χ4n) is 3.66. The molecule has 0 radical (unpaired) electrons. The smallest absolute Gasteiger partial charge is 0.257 e. The van der Waals surface area contributed by atoms with Gasteiger partial charge in [0.15, 0.2) is 5.78 Å². The molecule has 1 amide bonds. The third-order valence-electron chi connectivity index (χ3n) is 5.24. The van der Waals surface area contributed by atoms with Gasteiger partial charge in [0.2, 0.25) is 5.43 Å². The number of hydrogen-bond acceptors (Lipinski definition) is 4. The Labute approximate surface area is 191 Å². The minimum Gasteiger partial charge on any atom is -0.347 e. The number of amides is 1. The maximum Gasteiger partial charge on any atom is 0.257 e. The maximum absolute atomic E-state index is 13.1. The van der Waals surface area contributed by atoms with E-state index in [4.69, 9.17) is 0 Å². The number of aromatic nitrogens is 2. The SMILES string of the molecule is CC(=O)c1ccc(-c2cccc(-n3cc(C(=O)NC(C)(C)C)c(=O)c4cccnc43)c2)cc1. The molecule has 4 aromatic rings. The van der Waals surface area contributed by atoms with Gasteiger partial charge in [-0.1, -0.05) is 36.4 Å². The van der Waals surface area contributed by atoms with E-state index in [9.17, 15) is 14.4 Å². The van der Waals surface area contributed by atoms with Crippen molar-refractivity contribution in [3.05, 3.63) is 94.4 Å². The van der Waals surface area contributed by atoms with Gasteiger partial charge in [-0.15, -0.1) is 0 Å². The molecule has 0 saturated carbocycles. The number of nitrogens with zero attached hydrogens (tertiary/aromatic N) is 2. The zero-order valence-electron chi connectivity index (χ0n) is 19.0. The number of carbonyl (C=O) groups excluding carboxylic acids is 2. The van der Waals surface area contributed by atoms with Gasteiger partial charge in [-0.2, -0.15) is 0 Å². The fraction of sp³-hybridized carbons (Fsp3) is 0.185. The Morgan fingerprint density at radius 3 is 2.33 bits per heavy atom. The van der Waals surface area contributed by atoms with Crippen molar-refractivity contribution >= 4 is 22.7 Å². The van der Waals surface area contributed by atoms with Crippen molar-refractivity contribution < 1.29 is 9.59 Å². The molecule has 6 heteroatoms. The molecule has 0 aliphatic heterocycles. The molecule has 4 rings (SSSR count). The second kappa shape index (κ2) is 8.47. The van der Waals surface area contributed by atoms with Crippen molar-refractivity contribution in [2.45, 2.75) is 33.2 Å². The summed E-state index contributed by atoms with van der Waals surface area (Å²) in [6, 6.07) is 18.5. The van der Waals surface area contributed by atoms with Crippen LogP contribution < -0.4 is 10.7 Å². The summed E-state index contributed by atoms with van der Waals surface area (Å²) >= 11 is 0. The molecule has 1 N–H and O–H groups in total. The van der Waals surface area contributed by atoms with E-state index >= 15 is 0 Å². The number of fused-ring (bicyclic) bond motifs is 1. The highest BCUT2D eigenvalue weighted by molar-refractivity contribution is 5.97. The van der Waals surface area contributed by atoms with Crippen LogP contribution in [0, 0.1) is 0 Å². The summed E-state index contributed by atoms with van der Waals surface area (Å²) in [5, 5.41) is 3.24. The Balaban J connectivity index is 1.87. The largest absolute Gasteiger partial charge is 0.347 e. The van der Waals surface area contributed by atoms with Crippen molar-refractivity contribution in [3.8, 4) is 16.8 Å². The highest BCUT2D eigenvalue weighted by atomic mass is 16.2. The van der Waals surface area contributed by atoms with E-state index < -0.39 is 11.4 Å². The molecule has 2 heterocycles. The number of hydrogen-bond donors (Lipinski definition) is 1. The summed E-state index contributed by atoms with van der Waals surface area (Å²) in [6.45, 7) is 7.14. The minimum atomic E-state index is -0.482. The Morgan fingerprint density at radius 2 is 1.67 bits per heavy atom. The van der Waals surface area contributed by atoms with Crippen LogP contribution in [0.5, 0.6) is 0 Å². The molecule has 2 aromatic carbocycles. The number of carbonyl (C=O) groups is 2. The molecule has 0 atom stereocenters. The van der Waals surface area contributed by atoms with Gasteiger partial charge in [0, 0.05) is 29.2 Å². The normalized spacial score (nSPS) is 11.4. The van der Waals surface area contributed by atoms with E-state index in [-0.39, 0.29) is 16.8 Å². The zero-order valence-corrected chi connectivity index (χ0v) is 19.0. The van der Waals surface area contributed by atoms with Gasteiger partial charge in [-0.25, -0.2) is 4.98 Å². The number of pyridine rings is 2. The van der Waals surface area contributed by atoms with Crippen LogP contribution in [0.2, 0.25) is 0 Å². The Kier molecular flexibility index (Phi) is 5.68. The standard InChI is InChI=1S/C27H25N3O3/c1-17(31)18-10-12-19(13-11-18)20-7-5-8-21(15-20)30-16-23(26(33)29-27(2,3)4)24(32)22-9-6-14-28-25(22)30/h5-16H,1-4H3,(H,29,33). The average molecular weight is 440 g/mol. The van der Waals surface area contributed by atoms with Crippen LogP contribution in [-0.4, -0.2) is 26.8 Å². The van der Waals surface area contributed by atoms with Gasteiger partial charge >= 0.3 is 0 Å². The first-order valence-electron chi connectivity index (χ1n) is 10.7. The molecule has 0 saturated heterocycles. The van der Waals surface area contributed by atoms with Crippen molar-refractivity contribution in [3.63, 3.8) is 0 Å². The quantitative estimate of drug-likeness (QED) is 0.464. The highest BCUT2D eigenvalue weighted by Crippen LogP contribution is 2.24. The fourth-order valence-corrected chi connectivity index (χ4v) is 3.66. The van der Waals surface area contributed by atoms with E-state index in [0.717, 1.165) is 16.8 Å². The number of Topliss-reactive ketones (excluding diaryl/α,β-unsaturated/α-hetero) is 1. The number of benzene rings is 2. The second-order valence-corrected chi connectivity index (χ2v) is 9.00. The lowest BCUT2D eigenvalue weighted by atomic mass is 10.0. The Morgan fingerprint density at radius 1 is 0.939 bits per heavy atom. The summed E-state index contributed by atoms with van der Waals surface area (Å²) in [5.74, 6) is -0.412. The molecular weight excluding hydrogens is 414 g/mol. The monoisotopic (exact) mass is 439 g/mol. The average Bonchev–Trinajstić information content (AvgIpc) is 2.78. The van der Waals surface area contributed by atoms with Crippen LogP contribution in [0.1, 0.15) is 48.4 Å². The number of nitrogens with one attached hydrogen (secondary N) is 1. The van der Waals surface area contributed by atoms with Crippen LogP contribution in [0.15, 0.2) is 77.9 Å². The maximum atomic E-state index is 13.1. The predicted molar refractivity (Wildman–Crippen MR) is 130 cm³/mol. The highest BCUT2D eigenvalue weighted by Gasteiger charge is 2.21. The zero-order chi connectivity index (χ0) is 23.8. The van der Waals surface area contributed by atoms with E-state index in [2.05, 4.69) is 10.3 Å². The van der Waals surface area contributed by atoms with Gasteiger partial charge in [0.1, 0.15) is 11.2 Å². The van der Waals surface area contributed by atoms with Gasteiger partial charge in [-0.3, -0.25) is 14.4 Å². The van der Waals surface area contributed by atoms with Crippen molar-refractivity contribution in [1.82, 2.24) is 14.9 Å². The lowest BCUT2D eigenvalue weighted by molar-refractivity contribution is 0.0917. The topological polar surface area (TPSA) is 81.1 Å². The van der Waals surface area contributed by atoms with Crippen LogP contribution in [0.25, 0.3) is 27.8 Å². The Bertz CT molecular complexity index is 1430. The summed E-state index contributed by atoms with van der Waals surface area (Å²) in [4.78, 5) is 42.0. The molecule has 0 spiro atoms. The third-order valence-corrected chi connectivity index (χ3v) is 5.24. The first-order chi connectivity index (χ1) is 15.6. The van der Waals surface area contributed by atoms with E-state index in [1.165, 1.54) is 6.92 Å². The third kappa shape index (κ3) is 4.60. The van der Waals surface area contributed by atoms with E-state index in [1.54, 1.807) is 41.2 Å². The predicted octanol–water partition coefficient (Wildman–Crippen LogP) is 4.78. The van der Waals surface area contributed by atoms with Crippen LogP contribution in [0.4, 0.5) is 0 Å². The van der Waals surface area contributed by atoms with Gasteiger partial charge in [-0.05, 0) is 63.1 Å². The van der Waals surface area contributed by atoms with Crippen molar-refractivity contribution in [2.75, 3.05) is 0 Å². The molecule has 166 valence electrons. The molecule has 0 aliphatic carbocycles. The van der Waals surface area contributed by atoms with Crippen LogP contribution in [-0.2, 0) is 0 Å². The second-order valence-electron chi connectivity index (χ2n) is 9.00. The molecular formula is C27H25N3O3. The molecule has 6 nitrogen and oxygen atoms in total. The van der Waals surface area contributed by atoms with Gasteiger partial charge in [0.25, 0.3) is 5.91 Å². The van der Waals surface area contributed by atoms with Gasteiger partial charge in [0.05, 0.1) is 5.39 Å².